The van der Waals surface area contributed by atoms with Crippen LogP contribution in [0.25, 0.3) is 0 Å². The molecule has 142 valence electrons. The largest absolute Gasteiger partial charge is 0.326 e. The third-order valence-electron chi connectivity index (χ3n) is 4.37. The van der Waals surface area contributed by atoms with E-state index in [1.54, 1.807) is 24.0 Å². The predicted molar refractivity (Wildman–Crippen MR) is 108 cm³/mol. The van der Waals surface area contributed by atoms with Crippen molar-refractivity contribution in [3.63, 3.8) is 0 Å². The number of aryl methyl sites for hydroxylation is 1. The Morgan fingerprint density at radius 1 is 1.26 bits per heavy atom. The lowest BCUT2D eigenvalue weighted by molar-refractivity contribution is -0.117. The van der Waals surface area contributed by atoms with Gasteiger partial charge < -0.3 is 5.32 Å². The van der Waals surface area contributed by atoms with Gasteiger partial charge >= 0.3 is 0 Å². The van der Waals surface area contributed by atoms with Crippen LogP contribution in [0, 0.1) is 18.7 Å². The molecular formula is C21H23FN2O2S. The third-order valence-corrected chi connectivity index (χ3v) is 5.59. The van der Waals surface area contributed by atoms with Crippen molar-refractivity contribution >= 4 is 35.0 Å². The number of nitrogens with zero attached hydrogens (tertiary/aromatic N) is 1. The number of carbonyl (C=O) groups is 2. The first-order valence-electron chi connectivity index (χ1n) is 8.95. The molecule has 1 saturated heterocycles. The number of amides is 2. The average molecular weight is 386 g/mol. The van der Waals surface area contributed by atoms with E-state index in [4.69, 9.17) is 0 Å². The van der Waals surface area contributed by atoms with Gasteiger partial charge in [0.1, 0.15) is 11.2 Å². The van der Waals surface area contributed by atoms with Crippen molar-refractivity contribution in [1.82, 2.24) is 0 Å². The predicted octanol–water partition coefficient (Wildman–Crippen LogP) is 4.90. The first-order chi connectivity index (χ1) is 12.8. The second-order valence-electron chi connectivity index (χ2n) is 7.13. The molecule has 0 radical (unpaired) electrons. The van der Waals surface area contributed by atoms with Crippen LogP contribution in [0.3, 0.4) is 0 Å². The van der Waals surface area contributed by atoms with E-state index >= 15 is 0 Å². The van der Waals surface area contributed by atoms with Gasteiger partial charge in [-0.1, -0.05) is 32.0 Å². The van der Waals surface area contributed by atoms with Gasteiger partial charge in [0.2, 0.25) is 11.8 Å². The molecule has 1 aliphatic heterocycles. The fourth-order valence-corrected chi connectivity index (χ4v) is 4.17. The summed E-state index contributed by atoms with van der Waals surface area (Å²) in [5.74, 6) is 0.280. The number of hydrogen-bond acceptors (Lipinski definition) is 3. The second-order valence-corrected chi connectivity index (χ2v) is 8.20. The van der Waals surface area contributed by atoms with E-state index < -0.39 is 0 Å². The van der Waals surface area contributed by atoms with E-state index in [1.165, 1.54) is 17.8 Å². The fraction of sp³-hybridized carbons (Fsp3) is 0.333. The van der Waals surface area contributed by atoms with Gasteiger partial charge in [-0.15, -0.1) is 11.8 Å². The first kappa shape index (κ1) is 19.4. The zero-order valence-corrected chi connectivity index (χ0v) is 16.5. The highest BCUT2D eigenvalue weighted by atomic mass is 32.2. The van der Waals surface area contributed by atoms with Crippen molar-refractivity contribution in [3.8, 4) is 0 Å². The Morgan fingerprint density at radius 2 is 1.96 bits per heavy atom. The lowest BCUT2D eigenvalue weighted by Crippen LogP contribution is -2.28. The Labute approximate surface area is 163 Å². The smallest absolute Gasteiger partial charge is 0.238 e. The molecule has 6 heteroatoms. The lowest BCUT2D eigenvalue weighted by Gasteiger charge is -2.25. The summed E-state index contributed by atoms with van der Waals surface area (Å²) in [6.45, 7) is 5.70. The van der Waals surface area contributed by atoms with Crippen molar-refractivity contribution in [1.29, 1.82) is 0 Å². The van der Waals surface area contributed by atoms with E-state index in [0.717, 1.165) is 11.3 Å². The van der Waals surface area contributed by atoms with Gasteiger partial charge in [-0.05, 0) is 48.2 Å². The van der Waals surface area contributed by atoms with E-state index in [-0.39, 0.29) is 23.0 Å². The summed E-state index contributed by atoms with van der Waals surface area (Å²) in [5, 5.41) is 2.67. The number of nitrogens with one attached hydrogen (secondary N) is 1. The highest BCUT2D eigenvalue weighted by molar-refractivity contribution is 8.00. The Morgan fingerprint density at radius 3 is 2.59 bits per heavy atom. The molecule has 0 saturated carbocycles. The van der Waals surface area contributed by atoms with Gasteiger partial charge in [0.15, 0.2) is 0 Å². The summed E-state index contributed by atoms with van der Waals surface area (Å²) in [4.78, 5) is 25.9. The summed E-state index contributed by atoms with van der Waals surface area (Å²) >= 11 is 1.51. The number of hydrogen-bond donors (Lipinski definition) is 1. The van der Waals surface area contributed by atoms with Crippen LogP contribution in [-0.2, 0) is 9.59 Å². The quantitative estimate of drug-likeness (QED) is 0.795. The molecule has 3 rings (SSSR count). The monoisotopic (exact) mass is 386 g/mol. The maximum Gasteiger partial charge on any atom is 0.238 e. The molecule has 2 amide bonds. The van der Waals surface area contributed by atoms with Gasteiger partial charge in [0, 0.05) is 17.8 Å². The topological polar surface area (TPSA) is 49.4 Å². The Bertz CT molecular complexity index is 852. The molecule has 1 aliphatic rings. The van der Waals surface area contributed by atoms with E-state index in [2.05, 4.69) is 5.32 Å². The molecule has 0 aliphatic carbocycles. The number of thioether (sulfide) groups is 1. The van der Waals surface area contributed by atoms with Crippen LogP contribution in [0.5, 0.6) is 0 Å². The summed E-state index contributed by atoms with van der Waals surface area (Å²) in [6.07, 6.45) is 0.474. The van der Waals surface area contributed by atoms with Gasteiger partial charge in [0.05, 0.1) is 5.75 Å². The second kappa shape index (κ2) is 8.13. The summed E-state index contributed by atoms with van der Waals surface area (Å²) in [6, 6.07) is 12.3. The Kier molecular flexibility index (Phi) is 5.85. The standard InChI is InChI=1S/C21H23FN2O2S/c1-13(2)10-19(25)23-16-7-5-15(6-8-16)21-24(20(26)12-27-21)17-9-4-14(3)18(22)11-17/h4-9,11,13,21H,10,12H2,1-3H3,(H,23,25)/t21-/m0/s1. The lowest BCUT2D eigenvalue weighted by atomic mass is 10.1. The maximum atomic E-state index is 14.0. The molecule has 0 unspecified atom stereocenters. The number of rotatable bonds is 5. The number of carbonyl (C=O) groups excluding carboxylic acids is 2. The van der Waals surface area contributed by atoms with Crippen molar-refractivity contribution in [2.75, 3.05) is 16.0 Å². The van der Waals surface area contributed by atoms with E-state index in [0.29, 0.717) is 29.3 Å². The number of anilines is 2. The zero-order valence-electron chi connectivity index (χ0n) is 15.7. The number of halogens is 1. The van der Waals surface area contributed by atoms with Crippen LogP contribution >= 0.6 is 11.8 Å². The minimum absolute atomic E-state index is 0.0140. The molecule has 4 nitrogen and oxygen atoms in total. The minimum Gasteiger partial charge on any atom is -0.326 e. The van der Waals surface area contributed by atoms with Crippen molar-refractivity contribution < 1.29 is 14.0 Å². The summed E-state index contributed by atoms with van der Waals surface area (Å²) in [7, 11) is 0. The number of benzene rings is 2. The molecule has 0 bridgehead atoms. The maximum absolute atomic E-state index is 14.0. The molecular weight excluding hydrogens is 363 g/mol. The van der Waals surface area contributed by atoms with E-state index in [1.807, 2.05) is 38.1 Å². The fourth-order valence-electron chi connectivity index (χ4n) is 3.00. The Hall–Kier alpha value is -2.34. The molecule has 1 heterocycles. The Balaban J connectivity index is 1.79. The van der Waals surface area contributed by atoms with Gasteiger partial charge in [-0.3, -0.25) is 14.5 Å². The van der Waals surface area contributed by atoms with Crippen LogP contribution in [-0.4, -0.2) is 17.6 Å². The highest BCUT2D eigenvalue weighted by Gasteiger charge is 2.34. The highest BCUT2D eigenvalue weighted by Crippen LogP contribution is 2.42. The molecule has 2 aromatic rings. The van der Waals surface area contributed by atoms with Gasteiger partial charge in [-0.25, -0.2) is 4.39 Å². The third kappa shape index (κ3) is 4.50. The molecule has 1 N–H and O–H groups in total. The first-order valence-corrected chi connectivity index (χ1v) is 9.99. The van der Waals surface area contributed by atoms with Crippen LogP contribution in [0.1, 0.15) is 36.8 Å². The van der Waals surface area contributed by atoms with Crippen LogP contribution in [0.2, 0.25) is 0 Å². The molecule has 0 aromatic heterocycles. The van der Waals surface area contributed by atoms with Crippen molar-refractivity contribution in [2.24, 2.45) is 5.92 Å². The van der Waals surface area contributed by atoms with Gasteiger partial charge in [0.25, 0.3) is 0 Å². The van der Waals surface area contributed by atoms with E-state index in [9.17, 15) is 14.0 Å². The SMILES string of the molecule is Cc1ccc(N2C(=O)CS[C@H]2c2ccc(NC(=O)CC(C)C)cc2)cc1F. The van der Waals surface area contributed by atoms with Crippen LogP contribution < -0.4 is 10.2 Å². The normalized spacial score (nSPS) is 16.9. The zero-order chi connectivity index (χ0) is 19.6. The minimum atomic E-state index is -0.320. The van der Waals surface area contributed by atoms with Crippen LogP contribution in [0.4, 0.5) is 15.8 Å². The van der Waals surface area contributed by atoms with Crippen molar-refractivity contribution in [3.05, 3.63) is 59.4 Å². The summed E-state index contributed by atoms with van der Waals surface area (Å²) in [5.41, 5.74) is 2.78. The molecule has 0 spiro atoms. The van der Waals surface area contributed by atoms with Gasteiger partial charge in [-0.2, -0.15) is 0 Å². The van der Waals surface area contributed by atoms with Crippen molar-refractivity contribution in [2.45, 2.75) is 32.6 Å². The summed E-state index contributed by atoms with van der Waals surface area (Å²) < 4.78 is 14.0. The van der Waals surface area contributed by atoms with Crippen LogP contribution in [0.15, 0.2) is 42.5 Å². The molecule has 27 heavy (non-hydrogen) atoms. The molecule has 2 aromatic carbocycles. The average Bonchev–Trinajstić information content (AvgIpc) is 2.99. The molecule has 1 fully saturated rings. The molecule has 1 atom stereocenters.